The van der Waals surface area contributed by atoms with Gasteiger partial charge in [-0.3, -0.25) is 0 Å². The Morgan fingerprint density at radius 2 is 1.93 bits per heavy atom. The van der Waals surface area contributed by atoms with Gasteiger partial charge in [-0.25, -0.2) is 9.97 Å². The zero-order valence-corrected chi connectivity index (χ0v) is 8.98. The summed E-state index contributed by atoms with van der Waals surface area (Å²) >= 11 is 4.03. The Morgan fingerprint density at radius 3 is 2.60 bits per heavy atom. The fourth-order valence-corrected chi connectivity index (χ4v) is 1.53. The van der Waals surface area contributed by atoms with Crippen LogP contribution in [0.15, 0.2) is 41.7 Å². The van der Waals surface area contributed by atoms with E-state index in [0.717, 1.165) is 12.0 Å². The van der Waals surface area contributed by atoms with Crippen molar-refractivity contribution >= 4 is 18.4 Å². The van der Waals surface area contributed by atoms with Crippen LogP contribution in [-0.4, -0.2) is 9.97 Å². The van der Waals surface area contributed by atoms with Crippen LogP contribution in [0.1, 0.15) is 11.1 Å². The maximum absolute atomic E-state index is 5.77. The van der Waals surface area contributed by atoms with Crippen LogP contribution in [0.2, 0.25) is 0 Å². The van der Waals surface area contributed by atoms with Crippen molar-refractivity contribution < 1.29 is 0 Å². The number of nitrogens with two attached hydrogens (primary N) is 1. The molecule has 3 nitrogen and oxygen atoms in total. The molecule has 0 aliphatic heterocycles. The molecule has 1 aromatic carbocycles. The maximum Gasteiger partial charge on any atom is 0.186 e. The van der Waals surface area contributed by atoms with Gasteiger partial charge >= 0.3 is 0 Å². The number of anilines is 1. The van der Waals surface area contributed by atoms with Crippen LogP contribution < -0.4 is 5.73 Å². The molecule has 76 valence electrons. The minimum absolute atomic E-state index is 0.407. The second-order valence-electron chi connectivity index (χ2n) is 3.24. The van der Waals surface area contributed by atoms with Crippen molar-refractivity contribution in [3.05, 3.63) is 47.7 Å². The summed E-state index contributed by atoms with van der Waals surface area (Å²) in [5.74, 6) is 0.499. The Hall–Kier alpha value is -1.55. The van der Waals surface area contributed by atoms with Gasteiger partial charge in [-0.1, -0.05) is 30.3 Å². The maximum atomic E-state index is 5.77. The predicted octanol–water partition coefficient (Wildman–Crippen LogP) is 1.94. The van der Waals surface area contributed by atoms with E-state index in [0.29, 0.717) is 11.0 Å². The molecule has 0 fully saturated rings. The Balaban J connectivity index is 2.25. The largest absolute Gasteiger partial charge is 0.383 e. The fourth-order valence-electron chi connectivity index (χ4n) is 1.36. The predicted molar refractivity (Wildman–Crippen MR) is 62.9 cm³/mol. The average Bonchev–Trinajstić information content (AvgIpc) is 2.24. The number of hydrogen-bond donors (Lipinski definition) is 2. The highest BCUT2D eigenvalue weighted by Gasteiger charge is 2.02. The van der Waals surface area contributed by atoms with Gasteiger partial charge in [0.15, 0.2) is 5.16 Å². The Labute approximate surface area is 93.8 Å². The van der Waals surface area contributed by atoms with Crippen LogP contribution in [-0.2, 0) is 6.42 Å². The molecule has 0 aliphatic rings. The van der Waals surface area contributed by atoms with Gasteiger partial charge in [0.2, 0.25) is 0 Å². The molecule has 2 rings (SSSR count). The first-order valence-corrected chi connectivity index (χ1v) is 5.04. The third-order valence-electron chi connectivity index (χ3n) is 2.12. The molecular weight excluding hydrogens is 206 g/mol. The van der Waals surface area contributed by atoms with Crippen LogP contribution in [0.5, 0.6) is 0 Å². The molecule has 2 N–H and O–H groups in total. The highest BCUT2D eigenvalue weighted by atomic mass is 32.1. The molecule has 0 atom stereocenters. The first-order chi connectivity index (χ1) is 7.25. The second-order valence-corrected chi connectivity index (χ2v) is 3.64. The van der Waals surface area contributed by atoms with Gasteiger partial charge < -0.3 is 5.73 Å². The molecule has 15 heavy (non-hydrogen) atoms. The van der Waals surface area contributed by atoms with E-state index in [4.69, 9.17) is 5.73 Å². The van der Waals surface area contributed by atoms with E-state index < -0.39 is 0 Å². The number of aromatic nitrogens is 2. The number of rotatable bonds is 2. The first kappa shape index (κ1) is 9.98. The van der Waals surface area contributed by atoms with E-state index in [-0.39, 0.29) is 0 Å². The van der Waals surface area contributed by atoms with Gasteiger partial charge in [0, 0.05) is 18.2 Å². The molecule has 0 unspecified atom stereocenters. The summed E-state index contributed by atoms with van der Waals surface area (Å²) in [6.45, 7) is 0. The van der Waals surface area contributed by atoms with Crippen molar-refractivity contribution in [3.63, 3.8) is 0 Å². The summed E-state index contributed by atoms with van der Waals surface area (Å²) in [5.41, 5.74) is 7.89. The van der Waals surface area contributed by atoms with Crippen LogP contribution in [0.3, 0.4) is 0 Å². The Kier molecular flexibility index (Phi) is 2.87. The number of hydrogen-bond acceptors (Lipinski definition) is 4. The number of thiol groups is 1. The molecule has 1 aromatic heterocycles. The summed E-state index contributed by atoms with van der Waals surface area (Å²) in [7, 11) is 0. The molecule has 0 saturated heterocycles. The number of nitrogen functional groups attached to an aromatic ring is 1. The zero-order valence-electron chi connectivity index (χ0n) is 8.09. The normalized spacial score (nSPS) is 10.2. The molecule has 0 aliphatic carbocycles. The van der Waals surface area contributed by atoms with E-state index >= 15 is 0 Å². The lowest BCUT2D eigenvalue weighted by atomic mass is 10.1. The van der Waals surface area contributed by atoms with Gasteiger partial charge in [-0.2, -0.15) is 0 Å². The monoisotopic (exact) mass is 217 g/mol. The average molecular weight is 217 g/mol. The van der Waals surface area contributed by atoms with Gasteiger partial charge in [0.05, 0.1) is 0 Å². The summed E-state index contributed by atoms with van der Waals surface area (Å²) in [5, 5.41) is 0.407. The molecule has 0 bridgehead atoms. The second kappa shape index (κ2) is 4.31. The SMILES string of the molecule is Nc1nc(S)ncc1Cc1ccccc1. The van der Waals surface area contributed by atoms with E-state index in [1.807, 2.05) is 30.3 Å². The lowest BCUT2D eigenvalue weighted by Crippen LogP contribution is -2.00. The minimum Gasteiger partial charge on any atom is -0.383 e. The van der Waals surface area contributed by atoms with Crippen LogP contribution in [0, 0.1) is 0 Å². The summed E-state index contributed by atoms with van der Waals surface area (Å²) < 4.78 is 0. The molecule has 2 aromatic rings. The van der Waals surface area contributed by atoms with Gasteiger partial charge in [0.25, 0.3) is 0 Å². The van der Waals surface area contributed by atoms with Crippen molar-refractivity contribution in [1.29, 1.82) is 0 Å². The highest BCUT2D eigenvalue weighted by Crippen LogP contribution is 2.14. The van der Waals surface area contributed by atoms with Crippen molar-refractivity contribution in [3.8, 4) is 0 Å². The molecule has 4 heteroatoms. The van der Waals surface area contributed by atoms with Crippen molar-refractivity contribution in [1.82, 2.24) is 9.97 Å². The topological polar surface area (TPSA) is 51.8 Å². The smallest absolute Gasteiger partial charge is 0.186 e. The quantitative estimate of drug-likeness (QED) is 0.597. The summed E-state index contributed by atoms with van der Waals surface area (Å²) in [4.78, 5) is 8.01. The molecule has 0 amide bonds. The molecule has 0 spiro atoms. The molecular formula is C11H11N3S. The molecule has 0 saturated carbocycles. The van der Waals surface area contributed by atoms with E-state index in [1.165, 1.54) is 5.56 Å². The third-order valence-corrected chi connectivity index (χ3v) is 2.34. The summed E-state index contributed by atoms with van der Waals surface area (Å²) in [6, 6.07) is 10.1. The van der Waals surface area contributed by atoms with Crippen molar-refractivity contribution in [2.24, 2.45) is 0 Å². The van der Waals surface area contributed by atoms with E-state index in [1.54, 1.807) is 6.20 Å². The minimum atomic E-state index is 0.407. The van der Waals surface area contributed by atoms with Gasteiger partial charge in [-0.15, -0.1) is 12.6 Å². The molecule has 1 heterocycles. The summed E-state index contributed by atoms with van der Waals surface area (Å²) in [6.07, 6.45) is 2.47. The Bertz CT molecular complexity index is 457. The Morgan fingerprint density at radius 1 is 1.20 bits per heavy atom. The van der Waals surface area contributed by atoms with Crippen LogP contribution in [0.25, 0.3) is 0 Å². The van der Waals surface area contributed by atoms with E-state index in [9.17, 15) is 0 Å². The van der Waals surface area contributed by atoms with Crippen molar-refractivity contribution in [2.45, 2.75) is 11.6 Å². The standard InChI is InChI=1S/C11H11N3S/c12-10-9(7-13-11(15)14-10)6-8-4-2-1-3-5-8/h1-5,7H,6H2,(H3,12,13,14,15). The van der Waals surface area contributed by atoms with Crippen molar-refractivity contribution in [2.75, 3.05) is 5.73 Å². The van der Waals surface area contributed by atoms with Crippen LogP contribution in [0.4, 0.5) is 5.82 Å². The number of benzene rings is 1. The first-order valence-electron chi connectivity index (χ1n) is 4.60. The lowest BCUT2D eigenvalue weighted by molar-refractivity contribution is 0.950. The van der Waals surface area contributed by atoms with Gasteiger partial charge in [-0.05, 0) is 5.56 Å². The third kappa shape index (κ3) is 2.47. The number of nitrogens with zero attached hydrogens (tertiary/aromatic N) is 2. The van der Waals surface area contributed by atoms with Crippen LogP contribution >= 0.6 is 12.6 Å². The fraction of sp³-hybridized carbons (Fsp3) is 0.0909. The van der Waals surface area contributed by atoms with Gasteiger partial charge in [0.1, 0.15) is 5.82 Å². The zero-order chi connectivity index (χ0) is 10.7. The lowest BCUT2D eigenvalue weighted by Gasteiger charge is -2.04. The molecule has 0 radical (unpaired) electrons. The highest BCUT2D eigenvalue weighted by molar-refractivity contribution is 7.80. The van der Waals surface area contributed by atoms with E-state index in [2.05, 4.69) is 22.6 Å².